The summed E-state index contributed by atoms with van der Waals surface area (Å²) in [6, 6.07) is 17.2. The van der Waals surface area contributed by atoms with E-state index in [2.05, 4.69) is 15.1 Å². The van der Waals surface area contributed by atoms with Gasteiger partial charge in [-0.3, -0.25) is 19.4 Å². The van der Waals surface area contributed by atoms with Gasteiger partial charge >= 0.3 is 5.97 Å². The molecule has 1 unspecified atom stereocenters. The first kappa shape index (κ1) is 22.3. The van der Waals surface area contributed by atoms with Crippen LogP contribution in [0.15, 0.2) is 54.6 Å². The van der Waals surface area contributed by atoms with E-state index < -0.39 is 0 Å². The standard InChI is InChI=1S/C23H28ClN3O3/c1-2-30-22(29)17-27-14-12-26(13-15-27)16-21(28)25-23(18-6-4-3-5-7-18)19-8-10-20(24)11-9-19/h3-11,23H,2,12-17H2,1H3,(H,25,28). The molecule has 1 fully saturated rings. The first-order valence-corrected chi connectivity index (χ1v) is 10.6. The van der Waals surface area contributed by atoms with Gasteiger partial charge in [0.25, 0.3) is 0 Å². The Bertz CT molecular complexity index is 821. The maximum atomic E-state index is 12.8. The lowest BCUT2D eigenvalue weighted by Gasteiger charge is -2.34. The van der Waals surface area contributed by atoms with Crippen LogP contribution in [0.2, 0.25) is 5.02 Å². The molecule has 1 aliphatic heterocycles. The van der Waals surface area contributed by atoms with Crippen molar-refractivity contribution in [3.8, 4) is 0 Å². The van der Waals surface area contributed by atoms with Crippen molar-refractivity contribution < 1.29 is 14.3 Å². The molecular formula is C23H28ClN3O3. The number of rotatable bonds is 8. The van der Waals surface area contributed by atoms with Gasteiger partial charge in [0.15, 0.2) is 0 Å². The van der Waals surface area contributed by atoms with Crippen LogP contribution in [0.1, 0.15) is 24.1 Å². The van der Waals surface area contributed by atoms with E-state index in [1.165, 1.54) is 0 Å². The Balaban J connectivity index is 1.56. The molecule has 1 atom stereocenters. The predicted octanol–water partition coefficient (Wildman–Crippen LogP) is 2.73. The molecule has 1 saturated heterocycles. The lowest BCUT2D eigenvalue weighted by molar-refractivity contribution is -0.145. The van der Waals surface area contributed by atoms with Crippen molar-refractivity contribution in [3.63, 3.8) is 0 Å². The number of nitrogens with zero attached hydrogens (tertiary/aromatic N) is 2. The molecule has 2 aromatic rings. The number of hydrogen-bond acceptors (Lipinski definition) is 5. The highest BCUT2D eigenvalue weighted by molar-refractivity contribution is 6.30. The first-order valence-electron chi connectivity index (χ1n) is 10.2. The monoisotopic (exact) mass is 429 g/mol. The molecular weight excluding hydrogens is 402 g/mol. The lowest BCUT2D eigenvalue weighted by atomic mass is 9.98. The Hall–Kier alpha value is -2.41. The van der Waals surface area contributed by atoms with Gasteiger partial charge in [-0.15, -0.1) is 0 Å². The van der Waals surface area contributed by atoms with Crippen LogP contribution in [0.3, 0.4) is 0 Å². The van der Waals surface area contributed by atoms with Crippen molar-refractivity contribution in [2.45, 2.75) is 13.0 Å². The highest BCUT2D eigenvalue weighted by atomic mass is 35.5. The van der Waals surface area contributed by atoms with Crippen molar-refractivity contribution >= 4 is 23.5 Å². The molecule has 1 aliphatic rings. The second-order valence-electron chi connectivity index (χ2n) is 7.32. The van der Waals surface area contributed by atoms with Crippen LogP contribution in [-0.4, -0.2) is 67.6 Å². The lowest BCUT2D eigenvalue weighted by Crippen LogP contribution is -2.50. The van der Waals surface area contributed by atoms with E-state index in [1.54, 1.807) is 6.92 Å². The summed E-state index contributed by atoms with van der Waals surface area (Å²) in [6.07, 6.45) is 0. The number of esters is 1. The van der Waals surface area contributed by atoms with Crippen molar-refractivity contribution in [2.75, 3.05) is 45.9 Å². The maximum Gasteiger partial charge on any atom is 0.320 e. The zero-order valence-corrected chi connectivity index (χ0v) is 18.0. The number of halogens is 1. The minimum absolute atomic E-state index is 0.0300. The van der Waals surface area contributed by atoms with E-state index >= 15 is 0 Å². The topological polar surface area (TPSA) is 61.9 Å². The summed E-state index contributed by atoms with van der Waals surface area (Å²) < 4.78 is 5.00. The number of benzene rings is 2. The van der Waals surface area contributed by atoms with Gasteiger partial charge in [-0.05, 0) is 30.2 Å². The van der Waals surface area contributed by atoms with E-state index in [9.17, 15) is 9.59 Å². The predicted molar refractivity (Wildman–Crippen MR) is 117 cm³/mol. The van der Waals surface area contributed by atoms with E-state index in [0.29, 0.717) is 24.7 Å². The second-order valence-corrected chi connectivity index (χ2v) is 7.76. The van der Waals surface area contributed by atoms with Crippen molar-refractivity contribution in [1.82, 2.24) is 15.1 Å². The normalized spacial score (nSPS) is 16.1. The zero-order chi connectivity index (χ0) is 21.3. The third-order valence-electron chi connectivity index (χ3n) is 5.13. The molecule has 0 bridgehead atoms. The summed E-state index contributed by atoms with van der Waals surface area (Å²) in [5.74, 6) is -0.227. The highest BCUT2D eigenvalue weighted by Gasteiger charge is 2.23. The minimum Gasteiger partial charge on any atom is -0.465 e. The SMILES string of the molecule is CCOC(=O)CN1CCN(CC(=O)NC(c2ccccc2)c2ccc(Cl)cc2)CC1. The average molecular weight is 430 g/mol. The number of carbonyl (C=O) groups is 2. The van der Waals surface area contributed by atoms with Gasteiger partial charge in [0.2, 0.25) is 5.91 Å². The van der Waals surface area contributed by atoms with Crippen LogP contribution in [0.4, 0.5) is 0 Å². The quantitative estimate of drug-likeness (QED) is 0.654. The number of ether oxygens (including phenoxy) is 1. The molecule has 0 saturated carbocycles. The fourth-order valence-electron chi connectivity index (χ4n) is 3.56. The van der Waals surface area contributed by atoms with E-state index in [4.69, 9.17) is 16.3 Å². The smallest absolute Gasteiger partial charge is 0.320 e. The largest absolute Gasteiger partial charge is 0.465 e. The molecule has 1 N–H and O–H groups in total. The van der Waals surface area contributed by atoms with Gasteiger partial charge in [-0.2, -0.15) is 0 Å². The van der Waals surface area contributed by atoms with Gasteiger partial charge in [-0.1, -0.05) is 54.1 Å². The molecule has 3 rings (SSSR count). The summed E-state index contributed by atoms with van der Waals surface area (Å²) in [5, 5.41) is 3.83. The molecule has 160 valence electrons. The molecule has 7 heteroatoms. The summed E-state index contributed by atoms with van der Waals surface area (Å²) >= 11 is 6.03. The molecule has 30 heavy (non-hydrogen) atoms. The third-order valence-corrected chi connectivity index (χ3v) is 5.38. The molecule has 0 spiro atoms. The summed E-state index contributed by atoms with van der Waals surface area (Å²) in [6.45, 7) is 5.80. The molecule has 0 aliphatic carbocycles. The fourth-order valence-corrected chi connectivity index (χ4v) is 3.69. The van der Waals surface area contributed by atoms with Crippen LogP contribution in [0.25, 0.3) is 0 Å². The first-order chi connectivity index (χ1) is 14.5. The number of amides is 1. The Morgan fingerprint density at radius 1 is 0.933 bits per heavy atom. The zero-order valence-electron chi connectivity index (χ0n) is 17.2. The molecule has 0 radical (unpaired) electrons. The summed E-state index contributed by atoms with van der Waals surface area (Å²) in [4.78, 5) is 28.6. The summed E-state index contributed by atoms with van der Waals surface area (Å²) in [7, 11) is 0. The van der Waals surface area contributed by atoms with E-state index in [0.717, 1.165) is 37.3 Å². The molecule has 0 aromatic heterocycles. The Morgan fingerprint density at radius 3 is 2.10 bits per heavy atom. The maximum absolute atomic E-state index is 12.8. The second kappa shape index (κ2) is 11.1. The molecule has 2 aromatic carbocycles. The van der Waals surface area contributed by atoms with Crippen LogP contribution in [-0.2, 0) is 14.3 Å². The summed E-state index contributed by atoms with van der Waals surface area (Å²) in [5.41, 5.74) is 2.01. The Kier molecular flexibility index (Phi) is 8.25. The third kappa shape index (κ3) is 6.55. The Labute approximate surface area is 182 Å². The van der Waals surface area contributed by atoms with Gasteiger partial charge < -0.3 is 10.1 Å². The number of nitrogens with one attached hydrogen (secondary N) is 1. The van der Waals surface area contributed by atoms with Gasteiger partial charge in [0.05, 0.1) is 25.7 Å². The van der Waals surface area contributed by atoms with Crippen LogP contribution in [0.5, 0.6) is 0 Å². The van der Waals surface area contributed by atoms with Crippen LogP contribution < -0.4 is 5.32 Å². The van der Waals surface area contributed by atoms with Crippen molar-refractivity contribution in [3.05, 3.63) is 70.7 Å². The fraction of sp³-hybridized carbons (Fsp3) is 0.391. The van der Waals surface area contributed by atoms with Gasteiger partial charge in [-0.25, -0.2) is 0 Å². The van der Waals surface area contributed by atoms with Crippen molar-refractivity contribution in [1.29, 1.82) is 0 Å². The number of hydrogen-bond donors (Lipinski definition) is 1. The Morgan fingerprint density at radius 2 is 1.50 bits per heavy atom. The minimum atomic E-state index is -0.235. The molecule has 6 nitrogen and oxygen atoms in total. The van der Waals surface area contributed by atoms with Crippen molar-refractivity contribution in [2.24, 2.45) is 0 Å². The van der Waals surface area contributed by atoms with Gasteiger partial charge in [0.1, 0.15) is 0 Å². The molecule has 1 amide bonds. The van der Waals surface area contributed by atoms with Gasteiger partial charge in [0, 0.05) is 31.2 Å². The molecule has 1 heterocycles. The highest BCUT2D eigenvalue weighted by Crippen LogP contribution is 2.23. The van der Waals surface area contributed by atoms with Crippen LogP contribution >= 0.6 is 11.6 Å². The van der Waals surface area contributed by atoms with E-state index in [-0.39, 0.29) is 17.9 Å². The average Bonchev–Trinajstić information content (AvgIpc) is 2.75. The number of carbonyl (C=O) groups excluding carboxylic acids is 2. The number of piperazine rings is 1. The van der Waals surface area contributed by atoms with Crippen LogP contribution in [0, 0.1) is 0 Å². The van der Waals surface area contributed by atoms with E-state index in [1.807, 2.05) is 54.6 Å².